The van der Waals surface area contributed by atoms with Crippen LogP contribution in [0.4, 0.5) is 29.1 Å². The molecule has 11 heteroatoms. The minimum atomic E-state index is -4.91. The van der Waals surface area contributed by atoms with E-state index in [1.807, 2.05) is 12.1 Å². The van der Waals surface area contributed by atoms with Crippen molar-refractivity contribution in [2.24, 2.45) is 0 Å². The van der Waals surface area contributed by atoms with E-state index in [0.29, 0.717) is 29.5 Å². The summed E-state index contributed by atoms with van der Waals surface area (Å²) in [6.07, 6.45) is -1.45. The summed E-state index contributed by atoms with van der Waals surface area (Å²) in [4.78, 5) is 1.57. The molecule has 2 heterocycles. The fraction of sp³-hybridized carbons (Fsp3) is 0.273. The van der Waals surface area contributed by atoms with Gasteiger partial charge in [0.1, 0.15) is 5.82 Å². The number of hydrogen-bond acceptors (Lipinski definition) is 5. The predicted octanol–water partition coefficient (Wildman–Crippen LogP) is 5.09. The van der Waals surface area contributed by atoms with E-state index in [2.05, 4.69) is 19.8 Å². The number of halogens is 4. The van der Waals surface area contributed by atoms with Crippen molar-refractivity contribution in [1.82, 2.24) is 10.2 Å². The first-order chi connectivity index (χ1) is 15.6. The summed E-state index contributed by atoms with van der Waals surface area (Å²) < 4.78 is 79.1. The Balaban J connectivity index is 1.47. The Labute approximate surface area is 188 Å². The normalized spacial score (nSPS) is 14.8. The molecule has 33 heavy (non-hydrogen) atoms. The zero-order valence-corrected chi connectivity index (χ0v) is 18.1. The van der Waals surface area contributed by atoms with Crippen molar-refractivity contribution in [3.05, 3.63) is 66.0 Å². The lowest BCUT2D eigenvalue weighted by molar-refractivity contribution is -0.140. The molecule has 0 aliphatic carbocycles. The molecule has 1 aliphatic rings. The fourth-order valence-electron chi connectivity index (χ4n) is 3.59. The van der Waals surface area contributed by atoms with Gasteiger partial charge in [-0.3, -0.25) is 4.72 Å². The third-order valence-corrected chi connectivity index (χ3v) is 6.70. The lowest BCUT2D eigenvalue weighted by atomic mass is 10.1. The molecule has 2 aromatic carbocycles. The maximum absolute atomic E-state index is 13.8. The molecular formula is C22H20F4N4O2S. The van der Waals surface area contributed by atoms with Crippen LogP contribution >= 0.6 is 0 Å². The first-order valence-corrected chi connectivity index (χ1v) is 11.7. The molecule has 0 bridgehead atoms. The van der Waals surface area contributed by atoms with E-state index in [9.17, 15) is 26.0 Å². The van der Waals surface area contributed by atoms with E-state index in [4.69, 9.17) is 0 Å². The standard InChI is InChI=1S/C22H20F4N4O2S/c23-19-14-17(8-9-18(19)22(24,25)26)33(31,32)29-16-6-4-15(5-7-16)20-10-11-21(28-27-20)30-12-2-1-3-13-30/h4-11,14,29H,1-3,12-13H2. The number of anilines is 2. The van der Waals surface area contributed by atoms with Crippen molar-refractivity contribution in [1.29, 1.82) is 0 Å². The van der Waals surface area contributed by atoms with E-state index >= 15 is 0 Å². The summed E-state index contributed by atoms with van der Waals surface area (Å²) in [6.45, 7) is 1.90. The minimum absolute atomic E-state index is 0.164. The van der Waals surface area contributed by atoms with Crippen molar-refractivity contribution in [2.75, 3.05) is 22.7 Å². The Morgan fingerprint density at radius 2 is 1.58 bits per heavy atom. The molecule has 0 radical (unpaired) electrons. The van der Waals surface area contributed by atoms with Gasteiger partial charge in [-0.15, -0.1) is 10.2 Å². The largest absolute Gasteiger partial charge is 0.419 e. The Morgan fingerprint density at radius 1 is 0.879 bits per heavy atom. The summed E-state index contributed by atoms with van der Waals surface area (Å²) in [6, 6.07) is 11.4. The van der Waals surface area contributed by atoms with Crippen LogP contribution in [0.15, 0.2) is 59.5 Å². The SMILES string of the molecule is O=S(=O)(Nc1ccc(-c2ccc(N3CCCCC3)nn2)cc1)c1ccc(C(F)(F)F)c(F)c1. The topological polar surface area (TPSA) is 75.2 Å². The molecule has 1 aromatic heterocycles. The summed E-state index contributed by atoms with van der Waals surface area (Å²) >= 11 is 0. The van der Waals surface area contributed by atoms with Gasteiger partial charge in [0.05, 0.1) is 16.2 Å². The number of rotatable bonds is 5. The van der Waals surface area contributed by atoms with Crippen LogP contribution in [-0.2, 0) is 16.2 Å². The summed E-state index contributed by atoms with van der Waals surface area (Å²) in [7, 11) is -4.28. The van der Waals surface area contributed by atoms with Gasteiger partial charge in [0.25, 0.3) is 10.0 Å². The minimum Gasteiger partial charge on any atom is -0.355 e. The van der Waals surface area contributed by atoms with Gasteiger partial charge in [-0.25, -0.2) is 12.8 Å². The second kappa shape index (κ2) is 8.97. The summed E-state index contributed by atoms with van der Waals surface area (Å²) in [5.74, 6) is -0.848. The van der Waals surface area contributed by atoms with Gasteiger partial charge >= 0.3 is 6.18 Å². The molecule has 3 aromatic rings. The van der Waals surface area contributed by atoms with Crippen molar-refractivity contribution in [3.8, 4) is 11.3 Å². The highest BCUT2D eigenvalue weighted by Gasteiger charge is 2.34. The number of nitrogens with zero attached hydrogens (tertiary/aromatic N) is 3. The van der Waals surface area contributed by atoms with Crippen molar-refractivity contribution >= 4 is 21.5 Å². The Kier molecular flexibility index (Phi) is 6.24. The molecule has 0 unspecified atom stereocenters. The first kappa shape index (κ1) is 23.0. The molecule has 1 aliphatic heterocycles. The summed E-state index contributed by atoms with van der Waals surface area (Å²) in [5.41, 5.74) is -0.0543. The monoisotopic (exact) mass is 480 g/mol. The zero-order chi connectivity index (χ0) is 23.6. The smallest absolute Gasteiger partial charge is 0.355 e. The van der Waals surface area contributed by atoms with Crippen LogP contribution in [0.25, 0.3) is 11.3 Å². The maximum Gasteiger partial charge on any atom is 0.419 e. The molecule has 1 fully saturated rings. The zero-order valence-electron chi connectivity index (χ0n) is 17.3. The number of hydrogen-bond donors (Lipinski definition) is 1. The molecule has 0 spiro atoms. The van der Waals surface area contributed by atoms with Crippen LogP contribution in [-0.4, -0.2) is 31.7 Å². The van der Waals surface area contributed by atoms with Gasteiger partial charge in [0.15, 0.2) is 5.82 Å². The lowest BCUT2D eigenvalue weighted by Crippen LogP contribution is -2.30. The van der Waals surface area contributed by atoms with E-state index in [1.54, 1.807) is 12.1 Å². The van der Waals surface area contributed by atoms with Crippen LogP contribution in [0.5, 0.6) is 0 Å². The third kappa shape index (κ3) is 5.24. The molecule has 174 valence electrons. The lowest BCUT2D eigenvalue weighted by Gasteiger charge is -2.27. The quantitative estimate of drug-likeness (QED) is 0.515. The molecule has 1 saturated heterocycles. The van der Waals surface area contributed by atoms with E-state index in [-0.39, 0.29) is 5.69 Å². The first-order valence-electron chi connectivity index (χ1n) is 10.2. The number of nitrogens with one attached hydrogen (secondary N) is 1. The van der Waals surface area contributed by atoms with Gasteiger partial charge in [-0.05, 0) is 61.7 Å². The van der Waals surface area contributed by atoms with Crippen molar-refractivity contribution in [3.63, 3.8) is 0 Å². The Hall–Kier alpha value is -3.21. The number of aromatic nitrogens is 2. The van der Waals surface area contributed by atoms with E-state index in [0.717, 1.165) is 31.7 Å². The maximum atomic E-state index is 13.8. The van der Waals surface area contributed by atoms with Crippen LogP contribution in [0, 0.1) is 5.82 Å². The molecule has 1 N–H and O–H groups in total. The number of piperidine rings is 1. The number of benzene rings is 2. The van der Waals surface area contributed by atoms with Crippen LogP contribution in [0.2, 0.25) is 0 Å². The number of alkyl halides is 3. The predicted molar refractivity (Wildman–Crippen MR) is 116 cm³/mol. The molecule has 0 amide bonds. The highest BCUT2D eigenvalue weighted by Crippen LogP contribution is 2.32. The van der Waals surface area contributed by atoms with Crippen LogP contribution < -0.4 is 9.62 Å². The molecule has 4 rings (SSSR count). The third-order valence-electron chi connectivity index (χ3n) is 5.32. The molecule has 0 saturated carbocycles. The summed E-state index contributed by atoms with van der Waals surface area (Å²) in [5, 5.41) is 8.53. The van der Waals surface area contributed by atoms with Gasteiger partial charge in [0, 0.05) is 24.3 Å². The second-order valence-corrected chi connectivity index (χ2v) is 9.33. The van der Waals surface area contributed by atoms with Gasteiger partial charge < -0.3 is 4.90 Å². The highest BCUT2D eigenvalue weighted by molar-refractivity contribution is 7.92. The van der Waals surface area contributed by atoms with Crippen molar-refractivity contribution in [2.45, 2.75) is 30.3 Å². The average molecular weight is 480 g/mol. The van der Waals surface area contributed by atoms with Gasteiger partial charge in [-0.1, -0.05) is 12.1 Å². The Morgan fingerprint density at radius 3 is 2.15 bits per heavy atom. The molecule has 6 nitrogen and oxygen atoms in total. The molecular weight excluding hydrogens is 460 g/mol. The van der Waals surface area contributed by atoms with Crippen LogP contribution in [0.1, 0.15) is 24.8 Å². The van der Waals surface area contributed by atoms with E-state index < -0.39 is 32.5 Å². The number of sulfonamides is 1. The second-order valence-electron chi connectivity index (χ2n) is 7.65. The highest BCUT2D eigenvalue weighted by atomic mass is 32.2. The fourth-order valence-corrected chi connectivity index (χ4v) is 4.66. The van der Waals surface area contributed by atoms with Crippen molar-refractivity contribution < 1.29 is 26.0 Å². The average Bonchev–Trinajstić information content (AvgIpc) is 2.79. The van der Waals surface area contributed by atoms with Gasteiger partial charge in [0.2, 0.25) is 0 Å². The van der Waals surface area contributed by atoms with Gasteiger partial charge in [-0.2, -0.15) is 13.2 Å². The Bertz CT molecular complexity index is 1220. The van der Waals surface area contributed by atoms with E-state index in [1.165, 1.54) is 18.6 Å². The molecule has 0 atom stereocenters. The van der Waals surface area contributed by atoms with Crippen LogP contribution in [0.3, 0.4) is 0 Å².